The van der Waals surface area contributed by atoms with Crippen molar-refractivity contribution in [2.24, 2.45) is 11.7 Å². The first-order chi connectivity index (χ1) is 13.1. The molecule has 28 heavy (non-hydrogen) atoms. The van der Waals surface area contributed by atoms with E-state index in [9.17, 15) is 4.79 Å². The van der Waals surface area contributed by atoms with Gasteiger partial charge in [-0.2, -0.15) is 0 Å². The third-order valence-corrected chi connectivity index (χ3v) is 5.87. The molecule has 1 aromatic rings. The molecular weight excluding hydrogens is 364 g/mol. The van der Waals surface area contributed by atoms with Gasteiger partial charge in [0.05, 0.1) is 6.10 Å². The maximum Gasteiger partial charge on any atom is 0.184 e. The zero-order chi connectivity index (χ0) is 20.8. The van der Waals surface area contributed by atoms with Gasteiger partial charge in [0, 0.05) is 29.3 Å². The molecule has 152 valence electrons. The van der Waals surface area contributed by atoms with E-state index in [0.29, 0.717) is 11.3 Å². The Labute approximate surface area is 170 Å². The van der Waals surface area contributed by atoms with Gasteiger partial charge in [0.25, 0.3) is 0 Å². The number of hydrogen-bond acceptors (Lipinski definition) is 4. The van der Waals surface area contributed by atoms with Crippen molar-refractivity contribution in [3.63, 3.8) is 0 Å². The van der Waals surface area contributed by atoms with Gasteiger partial charge in [0.15, 0.2) is 8.32 Å². The normalized spacial score (nSPS) is 18.5. The van der Waals surface area contributed by atoms with Crippen molar-refractivity contribution in [1.29, 1.82) is 0 Å². The fourth-order valence-electron chi connectivity index (χ4n) is 3.32. The zero-order valence-electron chi connectivity index (χ0n) is 17.8. The van der Waals surface area contributed by atoms with E-state index >= 15 is 0 Å². The lowest BCUT2D eigenvalue weighted by Gasteiger charge is -2.33. The molecule has 3 N–H and O–H groups in total. The second-order valence-electron chi connectivity index (χ2n) is 9.10. The van der Waals surface area contributed by atoms with Crippen molar-refractivity contribution >= 4 is 14.3 Å². The summed E-state index contributed by atoms with van der Waals surface area (Å²) in [5.74, 6) is 2.12. The summed E-state index contributed by atoms with van der Waals surface area (Å²) in [7, 11) is -1.68. The number of nitrogens with two attached hydrogens (primary N) is 1. The SMILES string of the molecule is CC(C)(CCC1C=CC(N)=CC1=C=O)NCC(O[Si](C)(C)C)c1ccccc1. The number of rotatable bonds is 9. The molecule has 0 bridgehead atoms. The maximum atomic E-state index is 11.2. The van der Waals surface area contributed by atoms with Crippen molar-refractivity contribution in [2.45, 2.75) is 58.0 Å². The first-order valence-corrected chi connectivity index (χ1v) is 13.4. The molecule has 0 spiro atoms. The minimum Gasteiger partial charge on any atom is -0.409 e. The second-order valence-corrected chi connectivity index (χ2v) is 13.6. The molecule has 0 aromatic heterocycles. The summed E-state index contributed by atoms with van der Waals surface area (Å²) in [6, 6.07) is 10.4. The third kappa shape index (κ3) is 7.25. The Hall–Kier alpha value is -1.91. The van der Waals surface area contributed by atoms with E-state index in [1.807, 2.05) is 24.2 Å². The van der Waals surface area contributed by atoms with Crippen LogP contribution in [-0.2, 0) is 9.22 Å². The highest BCUT2D eigenvalue weighted by Crippen LogP contribution is 2.27. The zero-order valence-corrected chi connectivity index (χ0v) is 18.8. The Morgan fingerprint density at radius 1 is 1.25 bits per heavy atom. The molecule has 0 saturated carbocycles. The maximum absolute atomic E-state index is 11.2. The lowest BCUT2D eigenvalue weighted by atomic mass is 9.86. The molecule has 2 atom stereocenters. The number of allylic oxidation sites excluding steroid dienone is 4. The monoisotopic (exact) mass is 398 g/mol. The van der Waals surface area contributed by atoms with Crippen LogP contribution in [0, 0.1) is 5.92 Å². The van der Waals surface area contributed by atoms with Crippen LogP contribution in [0.15, 0.2) is 59.8 Å². The molecule has 0 radical (unpaired) electrons. The topological polar surface area (TPSA) is 64.4 Å². The van der Waals surface area contributed by atoms with Crippen LogP contribution in [0.3, 0.4) is 0 Å². The summed E-state index contributed by atoms with van der Waals surface area (Å²) in [4.78, 5) is 11.2. The van der Waals surface area contributed by atoms with Gasteiger partial charge in [-0.3, -0.25) is 0 Å². The van der Waals surface area contributed by atoms with Gasteiger partial charge in [0.2, 0.25) is 0 Å². The number of carbonyl (C=O) groups excluding carboxylic acids is 1. The quantitative estimate of drug-likeness (QED) is 0.474. The van der Waals surface area contributed by atoms with Gasteiger partial charge in [-0.25, -0.2) is 4.79 Å². The smallest absolute Gasteiger partial charge is 0.184 e. The van der Waals surface area contributed by atoms with Gasteiger partial charge < -0.3 is 15.5 Å². The molecule has 1 aromatic carbocycles. The lowest BCUT2D eigenvalue weighted by Crippen LogP contribution is -2.43. The van der Waals surface area contributed by atoms with Crippen LogP contribution in [0.2, 0.25) is 19.6 Å². The van der Waals surface area contributed by atoms with E-state index in [-0.39, 0.29) is 17.6 Å². The molecule has 2 unspecified atom stereocenters. The highest BCUT2D eigenvalue weighted by Gasteiger charge is 2.26. The molecular formula is C23H34N2O2Si. The van der Waals surface area contributed by atoms with Crippen LogP contribution in [0.25, 0.3) is 0 Å². The average molecular weight is 399 g/mol. The molecule has 4 nitrogen and oxygen atoms in total. The molecule has 2 rings (SSSR count). The first kappa shape index (κ1) is 22.4. The number of hydrogen-bond donors (Lipinski definition) is 2. The van der Waals surface area contributed by atoms with Crippen LogP contribution in [0.1, 0.15) is 38.4 Å². The Kier molecular flexibility index (Phi) is 7.61. The summed E-state index contributed by atoms with van der Waals surface area (Å²) in [5, 5.41) is 3.69. The largest absolute Gasteiger partial charge is 0.409 e. The van der Waals surface area contributed by atoms with Gasteiger partial charge >= 0.3 is 0 Å². The summed E-state index contributed by atoms with van der Waals surface area (Å²) in [5.41, 5.74) is 8.16. The van der Waals surface area contributed by atoms with E-state index in [1.54, 1.807) is 6.08 Å². The fraction of sp³-hybridized carbons (Fsp3) is 0.478. The van der Waals surface area contributed by atoms with Gasteiger partial charge in [-0.15, -0.1) is 0 Å². The predicted molar refractivity (Wildman–Crippen MR) is 119 cm³/mol. The lowest BCUT2D eigenvalue weighted by molar-refractivity contribution is 0.175. The first-order valence-electron chi connectivity index (χ1n) is 9.98. The van der Waals surface area contributed by atoms with Crippen LogP contribution < -0.4 is 11.1 Å². The van der Waals surface area contributed by atoms with Crippen LogP contribution >= 0.6 is 0 Å². The van der Waals surface area contributed by atoms with Gasteiger partial charge in [-0.1, -0.05) is 36.4 Å². The molecule has 1 aliphatic rings. The van der Waals surface area contributed by atoms with E-state index in [0.717, 1.165) is 19.4 Å². The van der Waals surface area contributed by atoms with Gasteiger partial charge in [0.1, 0.15) is 5.94 Å². The Balaban J connectivity index is 1.98. The van der Waals surface area contributed by atoms with Crippen molar-refractivity contribution in [3.8, 4) is 0 Å². The van der Waals surface area contributed by atoms with Crippen LogP contribution in [0.5, 0.6) is 0 Å². The Bertz CT molecular complexity index is 757. The van der Waals surface area contributed by atoms with Crippen molar-refractivity contribution < 1.29 is 9.22 Å². The standard InChI is InChI=1S/C23H34N2O2Si/c1-23(2,14-13-18-11-12-21(24)15-20(18)17-26)25-16-22(27-28(3,4)5)19-9-7-6-8-10-19/h6-12,15,18,22,25H,13-14,16,24H2,1-5H3. The van der Waals surface area contributed by atoms with E-state index in [1.165, 1.54) is 5.56 Å². The van der Waals surface area contributed by atoms with E-state index < -0.39 is 8.32 Å². The molecule has 0 heterocycles. The summed E-state index contributed by atoms with van der Waals surface area (Å²) < 4.78 is 6.45. The average Bonchev–Trinajstić information content (AvgIpc) is 2.64. The van der Waals surface area contributed by atoms with Crippen LogP contribution in [-0.4, -0.2) is 26.3 Å². The highest BCUT2D eigenvalue weighted by molar-refractivity contribution is 6.69. The summed E-state index contributed by atoms with van der Waals surface area (Å²) in [6.45, 7) is 11.8. The molecule has 1 aliphatic carbocycles. The fourth-order valence-corrected chi connectivity index (χ4v) is 4.39. The molecule has 5 heteroatoms. The second kappa shape index (κ2) is 9.53. The van der Waals surface area contributed by atoms with E-state index in [4.69, 9.17) is 10.2 Å². The number of benzene rings is 1. The minimum atomic E-state index is -1.68. The van der Waals surface area contributed by atoms with Crippen molar-refractivity contribution in [3.05, 3.63) is 65.4 Å². The highest BCUT2D eigenvalue weighted by atomic mass is 28.4. The Morgan fingerprint density at radius 3 is 2.54 bits per heavy atom. The summed E-state index contributed by atoms with van der Waals surface area (Å²) >= 11 is 0. The minimum absolute atomic E-state index is 0.0369. The van der Waals surface area contributed by atoms with Gasteiger partial charge in [-0.05, 0) is 64.0 Å². The van der Waals surface area contributed by atoms with E-state index in [2.05, 4.69) is 63.1 Å². The number of nitrogens with one attached hydrogen (secondary N) is 1. The summed E-state index contributed by atoms with van der Waals surface area (Å²) in [6.07, 6.45) is 7.44. The molecule has 0 amide bonds. The molecule has 0 fully saturated rings. The molecule has 0 saturated heterocycles. The molecule has 0 aliphatic heterocycles. The van der Waals surface area contributed by atoms with Crippen molar-refractivity contribution in [1.82, 2.24) is 5.32 Å². The predicted octanol–water partition coefficient (Wildman–Crippen LogP) is 4.51. The Morgan fingerprint density at radius 2 is 1.93 bits per heavy atom. The van der Waals surface area contributed by atoms with Crippen LogP contribution in [0.4, 0.5) is 0 Å². The van der Waals surface area contributed by atoms with Crippen molar-refractivity contribution in [2.75, 3.05) is 6.54 Å². The third-order valence-electron chi connectivity index (χ3n) is 4.87.